The quantitative estimate of drug-likeness (QED) is 0.630. The molecule has 0 heterocycles. The fraction of sp³-hybridized carbons (Fsp3) is 0.400. The first kappa shape index (κ1) is 8.66. The number of aliphatic hydroxyl groups is 1. The number of aliphatic hydroxyl groups excluding tert-OH is 1. The van der Waals surface area contributed by atoms with Crippen molar-refractivity contribution in [3.8, 4) is 0 Å². The molecule has 2 nitrogen and oxygen atoms in total. The van der Waals surface area contributed by atoms with Crippen molar-refractivity contribution in [2.45, 2.75) is 25.0 Å². The fourth-order valence-electron chi connectivity index (χ4n) is 1.79. The average molecular weight is 181 g/mol. The van der Waals surface area contributed by atoms with Gasteiger partial charge in [0.1, 0.15) is 5.82 Å². The summed E-state index contributed by atoms with van der Waals surface area (Å²) in [6.07, 6.45) is 0.840. The lowest BCUT2D eigenvalue weighted by Gasteiger charge is -2.27. The molecule has 0 amide bonds. The van der Waals surface area contributed by atoms with Crippen LogP contribution in [0.3, 0.4) is 0 Å². The van der Waals surface area contributed by atoms with Crippen LogP contribution in [0.4, 0.5) is 4.39 Å². The van der Waals surface area contributed by atoms with Crippen molar-refractivity contribution in [3.63, 3.8) is 0 Å². The van der Waals surface area contributed by atoms with Crippen LogP contribution in [0.2, 0.25) is 0 Å². The Kier molecular flexibility index (Phi) is 2.06. The largest absolute Gasteiger partial charge is 0.387 e. The summed E-state index contributed by atoms with van der Waals surface area (Å²) >= 11 is 0. The van der Waals surface area contributed by atoms with Crippen LogP contribution in [0.25, 0.3) is 0 Å². The summed E-state index contributed by atoms with van der Waals surface area (Å²) in [6, 6.07) is 4.25. The van der Waals surface area contributed by atoms with Crippen molar-refractivity contribution in [2.24, 2.45) is 5.73 Å². The van der Waals surface area contributed by atoms with Crippen molar-refractivity contribution >= 4 is 0 Å². The van der Waals surface area contributed by atoms with Gasteiger partial charge in [0.05, 0.1) is 6.10 Å². The van der Waals surface area contributed by atoms with Crippen LogP contribution in [-0.4, -0.2) is 11.1 Å². The second-order valence-corrected chi connectivity index (χ2v) is 3.49. The number of nitrogens with two attached hydrogens (primary N) is 1. The number of aryl methyl sites for hydroxylation is 1. The Balaban J connectivity index is 2.44. The number of benzene rings is 1. The molecule has 1 aromatic rings. The van der Waals surface area contributed by atoms with Crippen molar-refractivity contribution in [1.82, 2.24) is 0 Å². The summed E-state index contributed by atoms with van der Waals surface area (Å²) in [4.78, 5) is 0. The van der Waals surface area contributed by atoms with Gasteiger partial charge in [-0.1, -0.05) is 6.07 Å². The van der Waals surface area contributed by atoms with Crippen LogP contribution in [0, 0.1) is 5.82 Å². The van der Waals surface area contributed by atoms with Crippen molar-refractivity contribution in [2.75, 3.05) is 0 Å². The number of fused-ring (bicyclic) bond motifs is 1. The molecule has 0 aromatic heterocycles. The third-order valence-corrected chi connectivity index (χ3v) is 2.58. The zero-order chi connectivity index (χ0) is 9.42. The summed E-state index contributed by atoms with van der Waals surface area (Å²) in [5.74, 6) is -0.249. The minimum Gasteiger partial charge on any atom is -0.387 e. The molecular weight excluding hydrogens is 169 g/mol. The number of halogens is 1. The molecule has 70 valence electrons. The Morgan fingerprint density at radius 2 is 2.23 bits per heavy atom. The molecule has 0 bridgehead atoms. The van der Waals surface area contributed by atoms with Gasteiger partial charge in [-0.25, -0.2) is 4.39 Å². The zero-order valence-corrected chi connectivity index (χ0v) is 7.20. The third kappa shape index (κ3) is 1.45. The van der Waals surface area contributed by atoms with Crippen LogP contribution >= 0.6 is 0 Å². The Labute approximate surface area is 76.2 Å². The molecule has 1 aliphatic carbocycles. The number of hydrogen-bond donors (Lipinski definition) is 2. The van der Waals surface area contributed by atoms with E-state index < -0.39 is 6.10 Å². The fourth-order valence-corrected chi connectivity index (χ4v) is 1.79. The molecule has 0 fully saturated rings. The van der Waals surface area contributed by atoms with E-state index in [9.17, 15) is 9.50 Å². The van der Waals surface area contributed by atoms with Gasteiger partial charge in [0.25, 0.3) is 0 Å². The van der Waals surface area contributed by atoms with Crippen LogP contribution < -0.4 is 5.73 Å². The lowest BCUT2D eigenvalue weighted by Crippen LogP contribution is -2.32. The predicted molar refractivity (Wildman–Crippen MR) is 47.7 cm³/mol. The predicted octanol–water partition coefficient (Wildman–Crippen LogP) is 1.13. The highest BCUT2D eigenvalue weighted by Gasteiger charge is 2.24. The zero-order valence-electron chi connectivity index (χ0n) is 7.20. The van der Waals surface area contributed by atoms with Gasteiger partial charge in [-0.2, -0.15) is 0 Å². The Hall–Kier alpha value is -0.930. The Morgan fingerprint density at radius 3 is 3.00 bits per heavy atom. The minimum absolute atomic E-state index is 0.210. The molecule has 0 unspecified atom stereocenters. The molecule has 0 aliphatic heterocycles. The molecule has 0 saturated carbocycles. The van der Waals surface area contributed by atoms with Crippen molar-refractivity contribution in [1.29, 1.82) is 0 Å². The molecule has 13 heavy (non-hydrogen) atoms. The van der Waals surface area contributed by atoms with Gasteiger partial charge >= 0.3 is 0 Å². The molecule has 2 rings (SSSR count). The summed E-state index contributed by atoms with van der Waals surface area (Å²) < 4.78 is 12.8. The summed E-state index contributed by atoms with van der Waals surface area (Å²) in [6.45, 7) is 0. The highest BCUT2D eigenvalue weighted by atomic mass is 19.1. The SMILES string of the molecule is N[C@H]1CCc2cc(F)ccc2[C@H]1O. The molecule has 1 aromatic carbocycles. The van der Waals surface area contributed by atoms with E-state index in [-0.39, 0.29) is 11.9 Å². The van der Waals surface area contributed by atoms with Crippen molar-refractivity contribution < 1.29 is 9.50 Å². The molecule has 3 N–H and O–H groups in total. The maximum atomic E-state index is 12.8. The summed E-state index contributed by atoms with van der Waals surface area (Å²) in [5, 5.41) is 9.67. The third-order valence-electron chi connectivity index (χ3n) is 2.58. The maximum Gasteiger partial charge on any atom is 0.123 e. The van der Waals surface area contributed by atoms with Crippen LogP contribution in [0.15, 0.2) is 18.2 Å². The second-order valence-electron chi connectivity index (χ2n) is 3.49. The van der Waals surface area contributed by atoms with E-state index in [2.05, 4.69) is 0 Å². The first-order chi connectivity index (χ1) is 6.18. The van der Waals surface area contributed by atoms with E-state index in [0.717, 1.165) is 24.0 Å². The van der Waals surface area contributed by atoms with Crippen molar-refractivity contribution in [3.05, 3.63) is 35.1 Å². The van der Waals surface area contributed by atoms with Gasteiger partial charge < -0.3 is 10.8 Å². The molecule has 3 heteroatoms. The Morgan fingerprint density at radius 1 is 1.46 bits per heavy atom. The molecule has 0 radical (unpaired) electrons. The molecular formula is C10H12FNO. The normalized spacial score (nSPS) is 27.0. The summed E-state index contributed by atoms with van der Waals surface area (Å²) in [5.41, 5.74) is 7.35. The monoisotopic (exact) mass is 181 g/mol. The molecule has 2 atom stereocenters. The van der Waals surface area contributed by atoms with Gasteiger partial charge in [-0.3, -0.25) is 0 Å². The second kappa shape index (κ2) is 3.09. The molecule has 0 spiro atoms. The van der Waals surface area contributed by atoms with E-state index in [1.54, 1.807) is 6.07 Å². The molecule has 0 saturated heterocycles. The van der Waals surface area contributed by atoms with E-state index in [1.165, 1.54) is 12.1 Å². The highest BCUT2D eigenvalue weighted by molar-refractivity contribution is 5.33. The van der Waals surface area contributed by atoms with Gasteiger partial charge in [0, 0.05) is 6.04 Å². The van der Waals surface area contributed by atoms with Gasteiger partial charge in [-0.05, 0) is 36.1 Å². The van der Waals surface area contributed by atoms with E-state index >= 15 is 0 Å². The lowest BCUT2D eigenvalue weighted by atomic mass is 9.86. The van der Waals surface area contributed by atoms with Gasteiger partial charge in [0.15, 0.2) is 0 Å². The van der Waals surface area contributed by atoms with E-state index in [4.69, 9.17) is 5.73 Å². The van der Waals surface area contributed by atoms with Crippen LogP contribution in [-0.2, 0) is 6.42 Å². The topological polar surface area (TPSA) is 46.2 Å². The van der Waals surface area contributed by atoms with Crippen LogP contribution in [0.1, 0.15) is 23.7 Å². The smallest absolute Gasteiger partial charge is 0.123 e. The highest BCUT2D eigenvalue weighted by Crippen LogP contribution is 2.29. The van der Waals surface area contributed by atoms with Gasteiger partial charge in [0.2, 0.25) is 0 Å². The standard InChI is InChI=1S/C10H12FNO/c11-7-2-3-8-6(5-7)1-4-9(12)10(8)13/h2-3,5,9-10,13H,1,4,12H2/t9-,10+/m0/s1. The van der Waals surface area contributed by atoms with Gasteiger partial charge in [-0.15, -0.1) is 0 Å². The molecule has 1 aliphatic rings. The maximum absolute atomic E-state index is 12.8. The minimum atomic E-state index is -0.635. The lowest BCUT2D eigenvalue weighted by molar-refractivity contribution is 0.133. The number of rotatable bonds is 0. The first-order valence-electron chi connectivity index (χ1n) is 4.40. The van der Waals surface area contributed by atoms with Crippen LogP contribution in [0.5, 0.6) is 0 Å². The first-order valence-corrected chi connectivity index (χ1v) is 4.40. The summed E-state index contributed by atoms with van der Waals surface area (Å²) in [7, 11) is 0. The number of hydrogen-bond acceptors (Lipinski definition) is 2. The van der Waals surface area contributed by atoms with E-state index in [0.29, 0.717) is 0 Å². The van der Waals surface area contributed by atoms with E-state index in [1.807, 2.05) is 0 Å². The Bertz CT molecular complexity index is 327. The average Bonchev–Trinajstić information content (AvgIpc) is 2.12.